The lowest BCUT2D eigenvalue weighted by molar-refractivity contribution is 0.122. The van der Waals surface area contributed by atoms with Gasteiger partial charge in [0.05, 0.1) is 29.6 Å². The molecule has 4 rings (SSSR count). The lowest BCUT2D eigenvalue weighted by atomic mass is 10.2. The number of hydrogen-bond acceptors (Lipinski definition) is 7. The minimum absolute atomic E-state index is 0.170. The summed E-state index contributed by atoms with van der Waals surface area (Å²) in [6, 6.07) is 5.22. The number of aromatic nitrogens is 2. The van der Waals surface area contributed by atoms with Crippen LogP contribution in [0.2, 0.25) is 0 Å². The van der Waals surface area contributed by atoms with Crippen LogP contribution in [0.3, 0.4) is 0 Å². The molecule has 0 atom stereocenters. The van der Waals surface area contributed by atoms with Crippen LogP contribution in [0.1, 0.15) is 5.56 Å². The molecular formula is C17H15F2N5OS. The fourth-order valence-electron chi connectivity index (χ4n) is 2.65. The number of fused-ring (bicyclic) bond motifs is 1. The maximum absolute atomic E-state index is 13.6. The molecule has 0 aliphatic carbocycles. The van der Waals surface area contributed by atoms with E-state index in [-0.39, 0.29) is 5.56 Å². The van der Waals surface area contributed by atoms with Gasteiger partial charge in [0.15, 0.2) is 5.82 Å². The molecule has 9 heteroatoms. The summed E-state index contributed by atoms with van der Waals surface area (Å²) in [6.07, 6.45) is 1.27. The molecule has 0 spiro atoms. The van der Waals surface area contributed by atoms with Gasteiger partial charge in [-0.25, -0.2) is 19.2 Å². The molecule has 2 aromatic heterocycles. The molecule has 26 heavy (non-hydrogen) atoms. The van der Waals surface area contributed by atoms with Crippen molar-refractivity contribution in [2.24, 2.45) is 5.10 Å². The van der Waals surface area contributed by atoms with E-state index in [9.17, 15) is 8.78 Å². The Labute approximate surface area is 152 Å². The highest BCUT2D eigenvalue weighted by Crippen LogP contribution is 2.30. The van der Waals surface area contributed by atoms with Crippen molar-refractivity contribution in [3.63, 3.8) is 0 Å². The van der Waals surface area contributed by atoms with Crippen LogP contribution in [0, 0.1) is 11.6 Å². The molecule has 0 radical (unpaired) electrons. The van der Waals surface area contributed by atoms with Crippen molar-refractivity contribution in [1.29, 1.82) is 0 Å². The Balaban J connectivity index is 1.59. The predicted octanol–water partition coefficient (Wildman–Crippen LogP) is 3.25. The first kappa shape index (κ1) is 16.8. The number of hydrazone groups is 1. The highest BCUT2D eigenvalue weighted by molar-refractivity contribution is 7.17. The molecule has 0 saturated carbocycles. The van der Waals surface area contributed by atoms with E-state index in [1.54, 1.807) is 11.3 Å². The van der Waals surface area contributed by atoms with Crippen LogP contribution in [-0.4, -0.2) is 42.5 Å². The number of thiophene rings is 1. The van der Waals surface area contributed by atoms with Crippen molar-refractivity contribution in [3.05, 3.63) is 46.8 Å². The van der Waals surface area contributed by atoms with E-state index in [0.717, 1.165) is 35.2 Å². The number of nitrogens with one attached hydrogen (secondary N) is 1. The predicted molar refractivity (Wildman–Crippen MR) is 98.0 cm³/mol. The van der Waals surface area contributed by atoms with Crippen molar-refractivity contribution in [3.8, 4) is 0 Å². The first-order valence-corrected chi connectivity index (χ1v) is 8.91. The van der Waals surface area contributed by atoms with Gasteiger partial charge in [0.25, 0.3) is 0 Å². The second kappa shape index (κ2) is 7.30. The van der Waals surface area contributed by atoms with Crippen LogP contribution < -0.4 is 10.3 Å². The van der Waals surface area contributed by atoms with E-state index in [4.69, 9.17) is 4.74 Å². The Bertz CT molecular complexity index is 955. The average Bonchev–Trinajstić information content (AvgIpc) is 3.12. The second-order valence-electron chi connectivity index (χ2n) is 5.64. The fourth-order valence-corrected chi connectivity index (χ4v) is 3.50. The van der Waals surface area contributed by atoms with Gasteiger partial charge in [-0.1, -0.05) is 0 Å². The standard InChI is InChI=1S/C17H15F2N5OS/c18-12-2-1-11(13(19)9-12)10-20-23-17-21-14-3-8-26-15(14)16(22-17)24-4-6-25-7-5-24/h1-3,8-10H,4-7H2,(H,21,22,23)/b20-10+. The molecule has 1 N–H and O–H groups in total. The first-order chi connectivity index (χ1) is 12.7. The molecular weight excluding hydrogens is 360 g/mol. The topological polar surface area (TPSA) is 62.6 Å². The Morgan fingerprint density at radius 1 is 1.19 bits per heavy atom. The number of rotatable bonds is 4. The molecule has 6 nitrogen and oxygen atoms in total. The van der Waals surface area contributed by atoms with E-state index in [2.05, 4.69) is 25.4 Å². The van der Waals surface area contributed by atoms with Crippen LogP contribution in [0.5, 0.6) is 0 Å². The van der Waals surface area contributed by atoms with Gasteiger partial charge in [0.2, 0.25) is 5.95 Å². The highest BCUT2D eigenvalue weighted by Gasteiger charge is 2.18. The number of morpholine rings is 1. The third kappa shape index (κ3) is 3.49. The molecule has 1 fully saturated rings. The van der Waals surface area contributed by atoms with Crippen LogP contribution in [0.25, 0.3) is 10.2 Å². The summed E-state index contributed by atoms with van der Waals surface area (Å²) in [6.45, 7) is 2.82. The van der Waals surface area contributed by atoms with Gasteiger partial charge in [0.1, 0.15) is 11.6 Å². The van der Waals surface area contributed by atoms with Gasteiger partial charge < -0.3 is 9.64 Å². The number of halogens is 2. The number of nitrogens with zero attached hydrogens (tertiary/aromatic N) is 4. The minimum Gasteiger partial charge on any atom is -0.378 e. The van der Waals surface area contributed by atoms with E-state index >= 15 is 0 Å². The Hall–Kier alpha value is -2.65. The zero-order valence-corrected chi connectivity index (χ0v) is 14.5. The van der Waals surface area contributed by atoms with Crippen LogP contribution in [0.15, 0.2) is 34.7 Å². The zero-order chi connectivity index (χ0) is 17.9. The van der Waals surface area contributed by atoms with Crippen LogP contribution in [-0.2, 0) is 4.74 Å². The molecule has 1 aliphatic rings. The van der Waals surface area contributed by atoms with E-state index in [1.807, 2.05) is 11.4 Å². The van der Waals surface area contributed by atoms with Crippen LogP contribution >= 0.6 is 11.3 Å². The van der Waals surface area contributed by atoms with Gasteiger partial charge in [-0.15, -0.1) is 11.3 Å². The van der Waals surface area contributed by atoms with E-state index in [1.165, 1.54) is 18.3 Å². The number of anilines is 2. The largest absolute Gasteiger partial charge is 0.378 e. The average molecular weight is 375 g/mol. The molecule has 3 aromatic rings. The summed E-state index contributed by atoms with van der Waals surface area (Å²) in [7, 11) is 0. The summed E-state index contributed by atoms with van der Waals surface area (Å²) in [5.74, 6) is -0.164. The molecule has 0 amide bonds. The maximum Gasteiger partial charge on any atom is 0.246 e. The number of benzene rings is 1. The quantitative estimate of drug-likeness (QED) is 0.560. The van der Waals surface area contributed by atoms with Crippen molar-refractivity contribution in [1.82, 2.24) is 9.97 Å². The molecule has 0 bridgehead atoms. The summed E-state index contributed by atoms with van der Waals surface area (Å²) in [4.78, 5) is 11.1. The lowest BCUT2D eigenvalue weighted by Gasteiger charge is -2.28. The Morgan fingerprint density at radius 3 is 2.85 bits per heavy atom. The molecule has 0 unspecified atom stereocenters. The van der Waals surface area contributed by atoms with Crippen molar-refractivity contribution in [2.45, 2.75) is 0 Å². The Kier molecular flexibility index (Phi) is 4.72. The molecule has 1 saturated heterocycles. The van der Waals surface area contributed by atoms with Gasteiger partial charge in [0, 0.05) is 24.7 Å². The fraction of sp³-hybridized carbons (Fsp3) is 0.235. The molecule has 3 heterocycles. The normalized spacial score (nSPS) is 15.1. The Morgan fingerprint density at radius 2 is 2.04 bits per heavy atom. The lowest BCUT2D eigenvalue weighted by Crippen LogP contribution is -2.36. The van der Waals surface area contributed by atoms with E-state index in [0.29, 0.717) is 19.2 Å². The van der Waals surface area contributed by atoms with Gasteiger partial charge in [-0.3, -0.25) is 0 Å². The van der Waals surface area contributed by atoms with Crippen molar-refractivity contribution < 1.29 is 13.5 Å². The third-order valence-electron chi connectivity index (χ3n) is 3.93. The number of ether oxygens (including phenoxy) is 1. The second-order valence-corrected chi connectivity index (χ2v) is 6.56. The first-order valence-electron chi connectivity index (χ1n) is 8.03. The summed E-state index contributed by atoms with van der Waals surface area (Å²) in [5.41, 5.74) is 3.72. The zero-order valence-electron chi connectivity index (χ0n) is 13.7. The summed E-state index contributed by atoms with van der Waals surface area (Å²) < 4.78 is 33.0. The summed E-state index contributed by atoms with van der Waals surface area (Å²) in [5, 5.41) is 5.94. The van der Waals surface area contributed by atoms with Gasteiger partial charge in [-0.2, -0.15) is 10.1 Å². The van der Waals surface area contributed by atoms with Gasteiger partial charge >= 0.3 is 0 Å². The minimum atomic E-state index is -0.682. The monoisotopic (exact) mass is 375 g/mol. The van der Waals surface area contributed by atoms with Crippen LogP contribution in [0.4, 0.5) is 20.5 Å². The van der Waals surface area contributed by atoms with Crippen molar-refractivity contribution >= 4 is 39.5 Å². The number of hydrogen-bond donors (Lipinski definition) is 1. The third-order valence-corrected chi connectivity index (χ3v) is 4.83. The highest BCUT2D eigenvalue weighted by atomic mass is 32.1. The molecule has 1 aliphatic heterocycles. The smallest absolute Gasteiger partial charge is 0.246 e. The summed E-state index contributed by atoms with van der Waals surface area (Å²) >= 11 is 1.58. The van der Waals surface area contributed by atoms with Crippen molar-refractivity contribution in [2.75, 3.05) is 36.6 Å². The van der Waals surface area contributed by atoms with Gasteiger partial charge in [-0.05, 0) is 23.6 Å². The maximum atomic E-state index is 13.6. The van der Waals surface area contributed by atoms with E-state index < -0.39 is 11.6 Å². The SMILES string of the molecule is Fc1ccc(/C=N/Nc2nc(N3CCOCC3)c3sccc3n2)c(F)c1. The molecule has 1 aromatic carbocycles. The molecule has 134 valence electrons.